The second-order valence-corrected chi connectivity index (χ2v) is 3.58. The van der Waals surface area contributed by atoms with Crippen LogP contribution in [0.3, 0.4) is 0 Å². The molecular formula is C12H19NO2. The van der Waals surface area contributed by atoms with Crippen molar-refractivity contribution in [2.75, 3.05) is 13.2 Å². The predicted molar refractivity (Wildman–Crippen MR) is 61.0 cm³/mol. The minimum Gasteiger partial charge on any atom is -0.494 e. The summed E-state index contributed by atoms with van der Waals surface area (Å²) in [5.41, 5.74) is 8.03. The largest absolute Gasteiger partial charge is 0.494 e. The average molecular weight is 209 g/mol. The van der Waals surface area contributed by atoms with Crippen LogP contribution in [-0.2, 0) is 0 Å². The van der Waals surface area contributed by atoms with Gasteiger partial charge in [0.1, 0.15) is 5.75 Å². The van der Waals surface area contributed by atoms with Gasteiger partial charge >= 0.3 is 0 Å². The number of aryl methyl sites for hydroxylation is 1. The number of hydrogen-bond acceptors (Lipinski definition) is 3. The number of hydrogen-bond donors (Lipinski definition) is 2. The molecule has 0 saturated heterocycles. The summed E-state index contributed by atoms with van der Waals surface area (Å²) in [6, 6.07) is 5.82. The summed E-state index contributed by atoms with van der Waals surface area (Å²) < 4.78 is 5.44. The summed E-state index contributed by atoms with van der Waals surface area (Å²) in [5, 5.41) is 8.80. The van der Waals surface area contributed by atoms with E-state index in [1.54, 1.807) is 0 Å². The summed E-state index contributed by atoms with van der Waals surface area (Å²) in [6.07, 6.45) is 0.591. The first-order valence-corrected chi connectivity index (χ1v) is 5.28. The van der Waals surface area contributed by atoms with E-state index in [4.69, 9.17) is 15.6 Å². The van der Waals surface area contributed by atoms with E-state index in [1.807, 2.05) is 32.0 Å². The molecule has 0 aromatic heterocycles. The lowest BCUT2D eigenvalue weighted by Gasteiger charge is -2.13. The number of nitrogens with two attached hydrogens (primary N) is 1. The molecule has 0 aliphatic heterocycles. The highest BCUT2D eigenvalue weighted by Crippen LogP contribution is 2.23. The van der Waals surface area contributed by atoms with E-state index in [1.165, 1.54) is 0 Å². The Kier molecular flexibility index (Phi) is 4.59. The molecule has 0 bridgehead atoms. The van der Waals surface area contributed by atoms with Crippen molar-refractivity contribution in [3.63, 3.8) is 0 Å². The molecule has 84 valence electrons. The van der Waals surface area contributed by atoms with Crippen LogP contribution >= 0.6 is 0 Å². The van der Waals surface area contributed by atoms with Gasteiger partial charge in [-0.3, -0.25) is 0 Å². The van der Waals surface area contributed by atoms with E-state index < -0.39 is 0 Å². The zero-order valence-electron chi connectivity index (χ0n) is 9.36. The topological polar surface area (TPSA) is 55.5 Å². The molecule has 15 heavy (non-hydrogen) atoms. The number of rotatable bonds is 5. The van der Waals surface area contributed by atoms with Crippen molar-refractivity contribution in [2.45, 2.75) is 26.3 Å². The SMILES string of the molecule is CCOc1ccc(C(N)CCO)cc1C. The monoisotopic (exact) mass is 209 g/mol. The molecule has 0 saturated carbocycles. The normalized spacial score (nSPS) is 12.5. The maximum Gasteiger partial charge on any atom is 0.122 e. The fraction of sp³-hybridized carbons (Fsp3) is 0.500. The predicted octanol–water partition coefficient (Wildman–Crippen LogP) is 1.78. The van der Waals surface area contributed by atoms with Crippen molar-refractivity contribution < 1.29 is 9.84 Å². The molecule has 1 atom stereocenters. The molecule has 3 N–H and O–H groups in total. The van der Waals surface area contributed by atoms with Crippen LogP contribution < -0.4 is 10.5 Å². The van der Waals surface area contributed by atoms with Gasteiger partial charge in [-0.15, -0.1) is 0 Å². The first kappa shape index (κ1) is 12.0. The molecular weight excluding hydrogens is 190 g/mol. The van der Waals surface area contributed by atoms with Crippen molar-refractivity contribution in [1.29, 1.82) is 0 Å². The van der Waals surface area contributed by atoms with Crippen LogP contribution in [0.1, 0.15) is 30.5 Å². The van der Waals surface area contributed by atoms with Crippen LogP contribution in [0.25, 0.3) is 0 Å². The maximum absolute atomic E-state index is 8.80. The molecule has 0 heterocycles. The number of ether oxygens (including phenoxy) is 1. The third kappa shape index (κ3) is 3.22. The Morgan fingerprint density at radius 2 is 2.20 bits per heavy atom. The van der Waals surface area contributed by atoms with Gasteiger partial charge in [-0.25, -0.2) is 0 Å². The van der Waals surface area contributed by atoms with Gasteiger partial charge in [0.15, 0.2) is 0 Å². The summed E-state index contributed by atoms with van der Waals surface area (Å²) in [7, 11) is 0. The lowest BCUT2D eigenvalue weighted by molar-refractivity contribution is 0.276. The maximum atomic E-state index is 8.80. The highest BCUT2D eigenvalue weighted by Gasteiger charge is 2.07. The standard InChI is InChI=1S/C12H19NO2/c1-3-15-12-5-4-10(8-9(12)2)11(13)6-7-14/h4-5,8,11,14H,3,6-7,13H2,1-2H3. The number of aliphatic hydroxyl groups is 1. The van der Waals surface area contributed by atoms with Gasteiger partial charge < -0.3 is 15.6 Å². The van der Waals surface area contributed by atoms with Crippen LogP contribution in [0.4, 0.5) is 0 Å². The van der Waals surface area contributed by atoms with E-state index in [0.717, 1.165) is 16.9 Å². The van der Waals surface area contributed by atoms with Crippen LogP contribution in [0.2, 0.25) is 0 Å². The molecule has 0 aliphatic carbocycles. The molecule has 1 rings (SSSR count). The van der Waals surface area contributed by atoms with Gasteiger partial charge in [-0.05, 0) is 37.5 Å². The van der Waals surface area contributed by atoms with Gasteiger partial charge in [0.05, 0.1) is 6.61 Å². The Morgan fingerprint density at radius 3 is 2.73 bits per heavy atom. The molecule has 3 nitrogen and oxygen atoms in total. The van der Waals surface area contributed by atoms with Crippen LogP contribution in [0.15, 0.2) is 18.2 Å². The molecule has 1 unspecified atom stereocenters. The first-order valence-electron chi connectivity index (χ1n) is 5.28. The summed E-state index contributed by atoms with van der Waals surface area (Å²) in [4.78, 5) is 0. The molecule has 0 amide bonds. The smallest absolute Gasteiger partial charge is 0.122 e. The summed E-state index contributed by atoms with van der Waals surface area (Å²) in [5.74, 6) is 0.900. The van der Waals surface area contributed by atoms with E-state index in [9.17, 15) is 0 Å². The Labute approximate surface area is 90.9 Å². The summed E-state index contributed by atoms with van der Waals surface area (Å²) >= 11 is 0. The number of aliphatic hydroxyl groups excluding tert-OH is 1. The van der Waals surface area contributed by atoms with E-state index in [2.05, 4.69) is 0 Å². The number of benzene rings is 1. The van der Waals surface area contributed by atoms with Gasteiger partial charge in [0, 0.05) is 12.6 Å². The third-order valence-electron chi connectivity index (χ3n) is 2.37. The molecule has 1 aromatic carbocycles. The molecule has 0 spiro atoms. The van der Waals surface area contributed by atoms with Crippen molar-refractivity contribution in [1.82, 2.24) is 0 Å². The fourth-order valence-electron chi connectivity index (χ4n) is 1.53. The van der Waals surface area contributed by atoms with Crippen molar-refractivity contribution in [3.8, 4) is 5.75 Å². The summed E-state index contributed by atoms with van der Waals surface area (Å²) in [6.45, 7) is 4.75. The second kappa shape index (κ2) is 5.73. The molecule has 1 aromatic rings. The average Bonchev–Trinajstić information content (AvgIpc) is 2.21. The lowest BCUT2D eigenvalue weighted by atomic mass is 10.0. The highest BCUT2D eigenvalue weighted by molar-refractivity contribution is 5.37. The Hall–Kier alpha value is -1.06. The first-order chi connectivity index (χ1) is 7.19. The minimum atomic E-state index is -0.0932. The molecule has 3 heteroatoms. The van der Waals surface area contributed by atoms with Gasteiger partial charge in [-0.1, -0.05) is 12.1 Å². The van der Waals surface area contributed by atoms with E-state index in [-0.39, 0.29) is 12.6 Å². The van der Waals surface area contributed by atoms with Gasteiger partial charge in [0.2, 0.25) is 0 Å². The molecule has 0 fully saturated rings. The second-order valence-electron chi connectivity index (χ2n) is 3.58. The van der Waals surface area contributed by atoms with Gasteiger partial charge in [-0.2, -0.15) is 0 Å². The Balaban J connectivity index is 2.81. The molecule has 0 aliphatic rings. The van der Waals surface area contributed by atoms with Crippen LogP contribution in [-0.4, -0.2) is 18.3 Å². The van der Waals surface area contributed by atoms with Crippen LogP contribution in [0, 0.1) is 6.92 Å². The highest BCUT2D eigenvalue weighted by atomic mass is 16.5. The quantitative estimate of drug-likeness (QED) is 0.777. The van der Waals surface area contributed by atoms with Crippen molar-refractivity contribution in [2.24, 2.45) is 5.73 Å². The molecule has 0 radical (unpaired) electrons. The lowest BCUT2D eigenvalue weighted by Crippen LogP contribution is -2.12. The van der Waals surface area contributed by atoms with Crippen LogP contribution in [0.5, 0.6) is 5.75 Å². The zero-order chi connectivity index (χ0) is 11.3. The van der Waals surface area contributed by atoms with E-state index in [0.29, 0.717) is 13.0 Å². The zero-order valence-corrected chi connectivity index (χ0v) is 9.36. The fourth-order valence-corrected chi connectivity index (χ4v) is 1.53. The Morgan fingerprint density at radius 1 is 1.47 bits per heavy atom. The minimum absolute atomic E-state index is 0.0932. The van der Waals surface area contributed by atoms with Gasteiger partial charge in [0.25, 0.3) is 0 Å². The van der Waals surface area contributed by atoms with E-state index >= 15 is 0 Å². The van der Waals surface area contributed by atoms with Crippen molar-refractivity contribution >= 4 is 0 Å². The Bertz CT molecular complexity index is 312. The third-order valence-corrected chi connectivity index (χ3v) is 2.37. The van der Waals surface area contributed by atoms with Crippen molar-refractivity contribution in [3.05, 3.63) is 29.3 Å².